The van der Waals surface area contributed by atoms with Crippen molar-refractivity contribution in [3.05, 3.63) is 23.5 Å². The van der Waals surface area contributed by atoms with E-state index in [1.165, 1.54) is 36.8 Å². The van der Waals surface area contributed by atoms with Crippen molar-refractivity contribution < 1.29 is 5.11 Å². The number of fused-ring (bicyclic) bond motifs is 1. The lowest BCUT2D eigenvalue weighted by Gasteiger charge is -2.17. The number of aliphatic hydroxyl groups excluding tert-OH is 1. The molecule has 3 nitrogen and oxygen atoms in total. The van der Waals surface area contributed by atoms with Crippen LogP contribution in [0.5, 0.6) is 0 Å². The summed E-state index contributed by atoms with van der Waals surface area (Å²) in [6.45, 7) is 1.41. The number of rotatable bonds is 6. The number of hydrogen-bond acceptors (Lipinski definition) is 2. The molecule has 1 atom stereocenters. The van der Waals surface area contributed by atoms with Crippen molar-refractivity contribution >= 4 is 0 Å². The molecule has 0 spiro atoms. The van der Waals surface area contributed by atoms with Gasteiger partial charge in [0.2, 0.25) is 0 Å². The average Bonchev–Trinajstić information content (AvgIpc) is 2.73. The van der Waals surface area contributed by atoms with Crippen molar-refractivity contribution in [1.29, 1.82) is 0 Å². The molecule has 96 valence electrons. The van der Waals surface area contributed by atoms with Gasteiger partial charge in [-0.1, -0.05) is 12.8 Å². The highest BCUT2D eigenvalue weighted by Crippen LogP contribution is 2.28. The van der Waals surface area contributed by atoms with E-state index in [-0.39, 0.29) is 6.04 Å². The Morgan fingerprint density at radius 3 is 2.82 bits per heavy atom. The minimum absolute atomic E-state index is 0.259. The minimum Gasteiger partial charge on any atom is -0.396 e. The van der Waals surface area contributed by atoms with Crippen LogP contribution in [0, 0.1) is 0 Å². The van der Waals surface area contributed by atoms with Gasteiger partial charge in [-0.05, 0) is 43.2 Å². The van der Waals surface area contributed by atoms with Gasteiger partial charge in [0.15, 0.2) is 0 Å². The summed E-state index contributed by atoms with van der Waals surface area (Å²) in [7, 11) is 0. The van der Waals surface area contributed by atoms with Gasteiger partial charge in [-0.25, -0.2) is 0 Å². The first-order valence-electron chi connectivity index (χ1n) is 6.86. The van der Waals surface area contributed by atoms with Gasteiger partial charge >= 0.3 is 0 Å². The fourth-order valence-corrected chi connectivity index (χ4v) is 2.67. The van der Waals surface area contributed by atoms with Crippen LogP contribution in [-0.2, 0) is 13.0 Å². The lowest BCUT2D eigenvalue weighted by Crippen LogP contribution is -2.15. The Balaban J connectivity index is 1.81. The van der Waals surface area contributed by atoms with E-state index in [1.54, 1.807) is 0 Å². The quantitative estimate of drug-likeness (QED) is 0.745. The Morgan fingerprint density at radius 2 is 2.06 bits per heavy atom. The van der Waals surface area contributed by atoms with Gasteiger partial charge < -0.3 is 15.4 Å². The van der Waals surface area contributed by atoms with Crippen molar-refractivity contribution in [3.8, 4) is 0 Å². The summed E-state index contributed by atoms with van der Waals surface area (Å²) in [4.78, 5) is 0. The lowest BCUT2D eigenvalue weighted by atomic mass is 9.92. The van der Waals surface area contributed by atoms with Gasteiger partial charge in [-0.3, -0.25) is 0 Å². The number of unbranched alkanes of at least 4 members (excludes halogenated alkanes) is 3. The Labute approximate surface area is 104 Å². The fraction of sp³-hybridized carbons (Fsp3) is 0.714. The number of aliphatic hydroxyl groups is 1. The van der Waals surface area contributed by atoms with Crippen molar-refractivity contribution in [2.75, 3.05) is 6.61 Å². The molecule has 0 bridgehead atoms. The lowest BCUT2D eigenvalue weighted by molar-refractivity contribution is 0.282. The maximum Gasteiger partial charge on any atom is 0.0431 e. The van der Waals surface area contributed by atoms with Crippen LogP contribution in [0.2, 0.25) is 0 Å². The maximum absolute atomic E-state index is 8.70. The van der Waals surface area contributed by atoms with Crippen LogP contribution in [-0.4, -0.2) is 16.3 Å². The molecule has 0 fully saturated rings. The van der Waals surface area contributed by atoms with E-state index in [0.717, 1.165) is 25.8 Å². The molecule has 1 aromatic heterocycles. The Bertz CT molecular complexity index is 346. The molecular weight excluding hydrogens is 212 g/mol. The monoisotopic (exact) mass is 236 g/mol. The van der Waals surface area contributed by atoms with Crippen LogP contribution < -0.4 is 5.73 Å². The van der Waals surface area contributed by atoms with Gasteiger partial charge in [0.05, 0.1) is 0 Å². The predicted molar refractivity (Wildman–Crippen MR) is 69.9 cm³/mol. The zero-order valence-corrected chi connectivity index (χ0v) is 10.6. The molecule has 0 radical (unpaired) electrons. The molecule has 3 N–H and O–H groups in total. The molecule has 0 saturated heterocycles. The molecule has 1 unspecified atom stereocenters. The van der Waals surface area contributed by atoms with Crippen LogP contribution in [0.15, 0.2) is 12.4 Å². The van der Waals surface area contributed by atoms with E-state index in [9.17, 15) is 0 Å². The zero-order valence-electron chi connectivity index (χ0n) is 10.6. The fourth-order valence-electron chi connectivity index (χ4n) is 2.67. The zero-order chi connectivity index (χ0) is 12.1. The topological polar surface area (TPSA) is 51.2 Å². The summed E-state index contributed by atoms with van der Waals surface area (Å²) >= 11 is 0. The van der Waals surface area contributed by atoms with E-state index in [0.29, 0.717) is 6.61 Å². The van der Waals surface area contributed by atoms with E-state index in [4.69, 9.17) is 10.8 Å². The molecule has 0 aromatic carbocycles. The summed E-state index contributed by atoms with van der Waals surface area (Å²) in [6.07, 6.45) is 12.6. The smallest absolute Gasteiger partial charge is 0.0431 e. The van der Waals surface area contributed by atoms with Crippen LogP contribution in [0.4, 0.5) is 0 Å². The first-order valence-corrected chi connectivity index (χ1v) is 6.86. The van der Waals surface area contributed by atoms with E-state index in [1.807, 2.05) is 0 Å². The molecule has 3 heteroatoms. The molecule has 1 heterocycles. The van der Waals surface area contributed by atoms with Gasteiger partial charge in [-0.2, -0.15) is 0 Å². The Morgan fingerprint density at radius 1 is 1.24 bits per heavy atom. The highest BCUT2D eigenvalue weighted by Gasteiger charge is 2.18. The van der Waals surface area contributed by atoms with Crippen molar-refractivity contribution in [1.82, 2.24) is 4.57 Å². The first-order chi connectivity index (χ1) is 8.31. The second-order valence-corrected chi connectivity index (χ2v) is 5.11. The Kier molecular flexibility index (Phi) is 4.63. The largest absolute Gasteiger partial charge is 0.396 e. The molecule has 1 aliphatic rings. The summed E-state index contributed by atoms with van der Waals surface area (Å²) in [5.74, 6) is 0. The summed E-state index contributed by atoms with van der Waals surface area (Å²) in [5.41, 5.74) is 8.94. The third kappa shape index (κ3) is 3.33. The molecular formula is C14H24N2O. The molecule has 1 aliphatic carbocycles. The molecule has 0 saturated carbocycles. The van der Waals surface area contributed by atoms with Crippen molar-refractivity contribution in [2.45, 2.75) is 57.5 Å². The van der Waals surface area contributed by atoms with Crippen molar-refractivity contribution in [2.24, 2.45) is 5.73 Å². The highest BCUT2D eigenvalue weighted by atomic mass is 16.2. The molecule has 0 amide bonds. The molecule has 1 aromatic rings. The minimum atomic E-state index is 0.259. The predicted octanol–water partition coefficient (Wildman–Crippen LogP) is 2.38. The second kappa shape index (κ2) is 6.22. The first kappa shape index (κ1) is 12.7. The number of nitrogens with zero attached hydrogens (tertiary/aromatic N) is 1. The third-order valence-electron chi connectivity index (χ3n) is 3.68. The molecule has 17 heavy (non-hydrogen) atoms. The number of nitrogens with two attached hydrogens (primary N) is 1. The molecule has 0 aliphatic heterocycles. The van der Waals surface area contributed by atoms with E-state index in [2.05, 4.69) is 17.0 Å². The summed E-state index contributed by atoms with van der Waals surface area (Å²) in [5, 5.41) is 8.70. The average molecular weight is 236 g/mol. The maximum atomic E-state index is 8.70. The second-order valence-electron chi connectivity index (χ2n) is 5.11. The van der Waals surface area contributed by atoms with Crippen LogP contribution >= 0.6 is 0 Å². The molecule has 2 rings (SSSR count). The standard InChI is InChI=1S/C14H24N2O/c15-14-7-5-6-12-10-16(11-13(12)14)8-3-1-2-4-9-17/h10-11,14,17H,1-9,15H2. The Hall–Kier alpha value is -0.800. The SMILES string of the molecule is NC1CCCc2cn(CCCCCCO)cc21. The van der Waals surface area contributed by atoms with Crippen LogP contribution in [0.1, 0.15) is 55.7 Å². The van der Waals surface area contributed by atoms with Crippen LogP contribution in [0.25, 0.3) is 0 Å². The van der Waals surface area contributed by atoms with Gasteiger partial charge in [0, 0.05) is 31.6 Å². The normalized spacial score (nSPS) is 19.3. The number of aryl methyl sites for hydroxylation is 2. The van der Waals surface area contributed by atoms with Crippen molar-refractivity contribution in [3.63, 3.8) is 0 Å². The van der Waals surface area contributed by atoms with Crippen LogP contribution in [0.3, 0.4) is 0 Å². The van der Waals surface area contributed by atoms with E-state index < -0.39 is 0 Å². The summed E-state index contributed by atoms with van der Waals surface area (Å²) < 4.78 is 2.30. The number of aromatic nitrogens is 1. The third-order valence-corrected chi connectivity index (χ3v) is 3.68. The van der Waals surface area contributed by atoms with E-state index >= 15 is 0 Å². The van der Waals surface area contributed by atoms with Gasteiger partial charge in [-0.15, -0.1) is 0 Å². The van der Waals surface area contributed by atoms with Gasteiger partial charge in [0.25, 0.3) is 0 Å². The summed E-state index contributed by atoms with van der Waals surface area (Å²) in [6, 6.07) is 0.259. The highest BCUT2D eigenvalue weighted by molar-refractivity contribution is 5.29. The number of hydrogen-bond donors (Lipinski definition) is 2. The van der Waals surface area contributed by atoms with Gasteiger partial charge in [0.1, 0.15) is 0 Å².